The van der Waals surface area contributed by atoms with Crippen LogP contribution in [0.4, 0.5) is 0 Å². The minimum absolute atomic E-state index is 0.0172. The number of aryl methyl sites for hydroxylation is 2. The normalized spacial score (nSPS) is 14.4. The molecule has 138 valence electrons. The van der Waals surface area contributed by atoms with Crippen molar-refractivity contribution in [3.05, 3.63) is 64.2 Å². The summed E-state index contributed by atoms with van der Waals surface area (Å²) in [4.78, 5) is 12.3. The maximum Gasteiger partial charge on any atom is 0.223 e. The number of benzene rings is 2. The molecule has 0 spiro atoms. The van der Waals surface area contributed by atoms with Gasteiger partial charge in [0.1, 0.15) is 5.75 Å². The molecule has 1 amide bonds. The highest BCUT2D eigenvalue weighted by atomic mass is 35.5. The monoisotopic (exact) mass is 371 g/mol. The van der Waals surface area contributed by atoms with Crippen molar-refractivity contribution in [1.82, 2.24) is 5.32 Å². The van der Waals surface area contributed by atoms with E-state index in [-0.39, 0.29) is 11.9 Å². The van der Waals surface area contributed by atoms with E-state index in [0.29, 0.717) is 18.1 Å². The van der Waals surface area contributed by atoms with Crippen molar-refractivity contribution >= 4 is 17.5 Å². The summed E-state index contributed by atoms with van der Waals surface area (Å²) in [5, 5.41) is 3.82. The van der Waals surface area contributed by atoms with Gasteiger partial charge in [0.2, 0.25) is 5.91 Å². The molecule has 0 fully saturated rings. The highest BCUT2D eigenvalue weighted by molar-refractivity contribution is 6.30. The van der Waals surface area contributed by atoms with Crippen molar-refractivity contribution in [3.63, 3.8) is 0 Å². The van der Waals surface area contributed by atoms with Crippen molar-refractivity contribution < 1.29 is 9.53 Å². The number of carbonyl (C=O) groups excluding carboxylic acids is 1. The zero-order valence-corrected chi connectivity index (χ0v) is 16.0. The highest BCUT2D eigenvalue weighted by Crippen LogP contribution is 2.26. The van der Waals surface area contributed by atoms with Crippen LogP contribution in [0.15, 0.2) is 42.5 Å². The topological polar surface area (TPSA) is 38.3 Å². The largest absolute Gasteiger partial charge is 0.493 e. The van der Waals surface area contributed by atoms with Crippen molar-refractivity contribution in [2.24, 2.45) is 0 Å². The Morgan fingerprint density at radius 2 is 1.85 bits per heavy atom. The fourth-order valence-electron chi connectivity index (χ4n) is 3.45. The van der Waals surface area contributed by atoms with Crippen molar-refractivity contribution in [1.29, 1.82) is 0 Å². The van der Waals surface area contributed by atoms with Crippen LogP contribution in [0.25, 0.3) is 0 Å². The second-order valence-electron chi connectivity index (χ2n) is 6.82. The number of carbonyl (C=O) groups is 1. The van der Waals surface area contributed by atoms with Gasteiger partial charge in [0.05, 0.1) is 19.1 Å². The third kappa shape index (κ3) is 5.01. The van der Waals surface area contributed by atoms with Gasteiger partial charge in [-0.05, 0) is 73.1 Å². The van der Waals surface area contributed by atoms with Gasteiger partial charge in [-0.2, -0.15) is 0 Å². The molecule has 0 aliphatic heterocycles. The van der Waals surface area contributed by atoms with Crippen LogP contribution in [0.3, 0.4) is 0 Å². The Hall–Kier alpha value is -2.00. The van der Waals surface area contributed by atoms with Crippen LogP contribution in [0.1, 0.15) is 55.3 Å². The van der Waals surface area contributed by atoms with E-state index in [4.69, 9.17) is 16.3 Å². The molecule has 3 nitrogen and oxygen atoms in total. The summed E-state index contributed by atoms with van der Waals surface area (Å²) in [6.07, 6.45) is 6.10. The quantitative estimate of drug-likeness (QED) is 0.721. The lowest BCUT2D eigenvalue weighted by molar-refractivity contribution is -0.122. The first-order valence-corrected chi connectivity index (χ1v) is 9.83. The summed E-state index contributed by atoms with van der Waals surface area (Å²) >= 11 is 5.85. The maximum atomic E-state index is 12.3. The Balaban J connectivity index is 1.52. The highest BCUT2D eigenvalue weighted by Gasteiger charge is 2.16. The zero-order chi connectivity index (χ0) is 18.4. The molecule has 4 heteroatoms. The van der Waals surface area contributed by atoms with Crippen LogP contribution in [0.5, 0.6) is 5.75 Å². The van der Waals surface area contributed by atoms with Gasteiger partial charge in [-0.25, -0.2) is 0 Å². The van der Waals surface area contributed by atoms with Crippen LogP contribution < -0.4 is 10.1 Å². The predicted octanol–water partition coefficient (Wildman–Crippen LogP) is 5.26. The summed E-state index contributed by atoms with van der Waals surface area (Å²) in [5.74, 6) is 0.743. The summed E-state index contributed by atoms with van der Waals surface area (Å²) in [5.41, 5.74) is 4.13. The van der Waals surface area contributed by atoms with E-state index in [1.807, 2.05) is 12.1 Å². The number of hydrogen-bond donors (Lipinski definition) is 1. The van der Waals surface area contributed by atoms with Crippen molar-refractivity contribution in [2.75, 3.05) is 6.61 Å². The second-order valence-corrected chi connectivity index (χ2v) is 7.25. The molecule has 26 heavy (non-hydrogen) atoms. The maximum absolute atomic E-state index is 12.3. The van der Waals surface area contributed by atoms with Crippen molar-refractivity contribution in [3.8, 4) is 5.75 Å². The molecule has 0 radical (unpaired) electrons. The SMILES string of the molecule is CCC(NC(=O)CCOc1ccc(Cl)cc1)c1ccc2c(c1)CCCC2. The Bertz CT molecular complexity index is 742. The fraction of sp³-hybridized carbons (Fsp3) is 0.409. The van der Waals surface area contributed by atoms with Gasteiger partial charge < -0.3 is 10.1 Å². The number of halogens is 1. The molecule has 0 saturated carbocycles. The number of nitrogens with one attached hydrogen (secondary N) is 1. The van der Waals surface area contributed by atoms with Crippen LogP contribution in [-0.2, 0) is 17.6 Å². The lowest BCUT2D eigenvalue weighted by Crippen LogP contribution is -2.29. The zero-order valence-electron chi connectivity index (χ0n) is 15.3. The van der Waals surface area contributed by atoms with E-state index in [9.17, 15) is 4.79 Å². The number of hydrogen-bond acceptors (Lipinski definition) is 2. The minimum atomic E-state index is 0.0172. The van der Waals surface area contributed by atoms with Crippen LogP contribution in [-0.4, -0.2) is 12.5 Å². The summed E-state index contributed by atoms with van der Waals surface area (Å²) in [6, 6.07) is 13.9. The smallest absolute Gasteiger partial charge is 0.223 e. The molecule has 2 aromatic rings. The predicted molar refractivity (Wildman–Crippen MR) is 106 cm³/mol. The average Bonchev–Trinajstić information content (AvgIpc) is 2.67. The summed E-state index contributed by atoms with van der Waals surface area (Å²) in [6.45, 7) is 2.46. The number of ether oxygens (including phenoxy) is 1. The molecule has 0 aromatic heterocycles. The van der Waals surface area contributed by atoms with Gasteiger partial charge in [-0.1, -0.05) is 36.7 Å². The number of rotatable bonds is 7. The molecule has 2 aromatic carbocycles. The minimum Gasteiger partial charge on any atom is -0.493 e. The molecule has 1 aliphatic carbocycles. The molecular formula is C22H26ClNO2. The molecule has 1 N–H and O–H groups in total. The molecule has 0 bridgehead atoms. The first kappa shape index (κ1) is 18.8. The third-order valence-electron chi connectivity index (χ3n) is 4.93. The Labute approximate surface area is 160 Å². The van der Waals surface area contributed by atoms with E-state index < -0.39 is 0 Å². The van der Waals surface area contributed by atoms with Crippen molar-refractivity contribution in [2.45, 2.75) is 51.5 Å². The van der Waals surface area contributed by atoms with Gasteiger partial charge in [0, 0.05) is 5.02 Å². The van der Waals surface area contributed by atoms with Gasteiger partial charge in [0.15, 0.2) is 0 Å². The second kappa shape index (κ2) is 9.09. The van der Waals surface area contributed by atoms with Gasteiger partial charge in [-0.3, -0.25) is 4.79 Å². The standard InChI is InChI=1S/C22H26ClNO2/c1-2-21(18-8-7-16-5-3-4-6-17(16)15-18)24-22(25)13-14-26-20-11-9-19(23)10-12-20/h7-12,15,21H,2-6,13-14H2,1H3,(H,24,25). The van der Waals surface area contributed by atoms with Gasteiger partial charge in [-0.15, -0.1) is 0 Å². The molecule has 0 saturated heterocycles. The molecule has 1 unspecified atom stereocenters. The van der Waals surface area contributed by atoms with Crippen LogP contribution in [0.2, 0.25) is 5.02 Å². The molecule has 1 aliphatic rings. The lowest BCUT2D eigenvalue weighted by Gasteiger charge is -2.21. The summed E-state index contributed by atoms with van der Waals surface area (Å²) in [7, 11) is 0. The van der Waals surface area contributed by atoms with E-state index in [2.05, 4.69) is 30.4 Å². The van der Waals surface area contributed by atoms with E-state index in [0.717, 1.165) is 18.6 Å². The molecule has 0 heterocycles. The summed E-state index contributed by atoms with van der Waals surface area (Å²) < 4.78 is 5.61. The van der Waals surface area contributed by atoms with E-state index >= 15 is 0 Å². The average molecular weight is 372 g/mol. The lowest BCUT2D eigenvalue weighted by atomic mass is 9.89. The Morgan fingerprint density at radius 3 is 2.58 bits per heavy atom. The van der Waals surface area contributed by atoms with Crippen LogP contribution in [0, 0.1) is 0 Å². The Kier molecular flexibility index (Phi) is 6.56. The first-order valence-electron chi connectivity index (χ1n) is 9.45. The third-order valence-corrected chi connectivity index (χ3v) is 5.18. The van der Waals surface area contributed by atoms with Gasteiger partial charge >= 0.3 is 0 Å². The number of fused-ring (bicyclic) bond motifs is 1. The van der Waals surface area contributed by atoms with Gasteiger partial charge in [0.25, 0.3) is 0 Å². The van der Waals surface area contributed by atoms with Crippen LogP contribution >= 0.6 is 11.6 Å². The first-order chi connectivity index (χ1) is 12.7. The number of amides is 1. The molecular weight excluding hydrogens is 346 g/mol. The molecule has 1 atom stereocenters. The van der Waals surface area contributed by atoms with E-state index in [1.165, 1.54) is 36.0 Å². The molecule has 3 rings (SSSR count). The fourth-order valence-corrected chi connectivity index (χ4v) is 3.58. The Morgan fingerprint density at radius 1 is 1.12 bits per heavy atom. The van der Waals surface area contributed by atoms with E-state index in [1.54, 1.807) is 12.1 Å².